The van der Waals surface area contributed by atoms with E-state index in [1.54, 1.807) is 6.20 Å². The van der Waals surface area contributed by atoms with Gasteiger partial charge in [-0.15, -0.1) is 0 Å². The molecule has 0 saturated heterocycles. The van der Waals surface area contributed by atoms with Crippen LogP contribution in [0.2, 0.25) is 0 Å². The maximum Gasteiger partial charge on any atom is 0.125 e. The molecule has 6 nitrogen and oxygen atoms in total. The highest BCUT2D eigenvalue weighted by Crippen LogP contribution is 2.00. The zero-order chi connectivity index (χ0) is 13.2. The van der Waals surface area contributed by atoms with E-state index in [0.29, 0.717) is 32.0 Å². The molecule has 1 aromatic heterocycles. The molecule has 102 valence electrons. The molecule has 0 aliphatic heterocycles. The third-order valence-corrected chi connectivity index (χ3v) is 2.49. The summed E-state index contributed by atoms with van der Waals surface area (Å²) in [5.41, 5.74) is 0. The lowest BCUT2D eigenvalue weighted by atomic mass is 10.3. The fraction of sp³-hybridized carbons (Fsp3) is 0.583. The maximum absolute atomic E-state index is 9.84. The van der Waals surface area contributed by atoms with Crippen molar-refractivity contribution >= 4 is 5.82 Å². The molecule has 0 amide bonds. The Hall–Kier alpha value is -1.21. The molecule has 0 aliphatic carbocycles. The van der Waals surface area contributed by atoms with Gasteiger partial charge in [0.2, 0.25) is 0 Å². The molecule has 1 aromatic rings. The van der Waals surface area contributed by atoms with Gasteiger partial charge in [-0.1, -0.05) is 6.07 Å². The maximum atomic E-state index is 9.84. The third-order valence-electron chi connectivity index (χ3n) is 2.49. The third kappa shape index (κ3) is 5.92. The molecule has 18 heavy (non-hydrogen) atoms. The molecule has 0 bridgehead atoms. The Morgan fingerprint density at radius 1 is 1.22 bits per heavy atom. The number of nitrogens with one attached hydrogen (secondary N) is 1. The van der Waals surface area contributed by atoms with Crippen LogP contribution in [0.25, 0.3) is 0 Å². The van der Waals surface area contributed by atoms with E-state index < -0.39 is 6.10 Å². The van der Waals surface area contributed by atoms with Crippen LogP contribution in [0.3, 0.4) is 0 Å². The van der Waals surface area contributed by atoms with Crippen molar-refractivity contribution in [2.75, 3.05) is 44.7 Å². The van der Waals surface area contributed by atoms with Crippen LogP contribution in [0.15, 0.2) is 24.4 Å². The van der Waals surface area contributed by atoms with Gasteiger partial charge in [0.25, 0.3) is 0 Å². The summed E-state index contributed by atoms with van der Waals surface area (Å²) in [6, 6.07) is 5.52. The molecular formula is C12H21N3O3. The first kappa shape index (κ1) is 14.8. The Bertz CT molecular complexity index is 305. The summed E-state index contributed by atoms with van der Waals surface area (Å²) >= 11 is 0. The molecule has 0 aromatic carbocycles. The number of pyridine rings is 1. The Morgan fingerprint density at radius 2 is 1.94 bits per heavy atom. The number of aromatic nitrogens is 1. The van der Waals surface area contributed by atoms with Crippen molar-refractivity contribution < 1.29 is 15.3 Å². The minimum atomic E-state index is -0.579. The molecule has 1 atom stereocenters. The van der Waals surface area contributed by atoms with Gasteiger partial charge in [-0.2, -0.15) is 0 Å². The van der Waals surface area contributed by atoms with Crippen LogP contribution in [0.4, 0.5) is 5.82 Å². The highest BCUT2D eigenvalue weighted by atomic mass is 16.3. The minimum absolute atomic E-state index is 0.0143. The predicted molar refractivity (Wildman–Crippen MR) is 69.3 cm³/mol. The second-order valence-corrected chi connectivity index (χ2v) is 4.00. The highest BCUT2D eigenvalue weighted by Gasteiger charge is 2.10. The highest BCUT2D eigenvalue weighted by molar-refractivity contribution is 5.33. The molecule has 1 unspecified atom stereocenters. The summed E-state index contributed by atoms with van der Waals surface area (Å²) in [5.74, 6) is 0.715. The van der Waals surface area contributed by atoms with Gasteiger partial charge in [0.05, 0.1) is 19.3 Å². The Morgan fingerprint density at radius 3 is 2.50 bits per heavy atom. The molecule has 0 fully saturated rings. The predicted octanol–water partition coefficient (Wildman–Crippen LogP) is -0.859. The average Bonchev–Trinajstić information content (AvgIpc) is 2.38. The van der Waals surface area contributed by atoms with E-state index in [9.17, 15) is 5.11 Å². The number of aliphatic hydroxyl groups is 3. The van der Waals surface area contributed by atoms with Crippen LogP contribution in [-0.2, 0) is 0 Å². The molecule has 6 heteroatoms. The molecule has 1 heterocycles. The van der Waals surface area contributed by atoms with Crippen LogP contribution >= 0.6 is 0 Å². The molecule has 0 spiro atoms. The minimum Gasteiger partial charge on any atom is -0.395 e. The first-order valence-corrected chi connectivity index (χ1v) is 6.03. The van der Waals surface area contributed by atoms with E-state index in [0.717, 1.165) is 0 Å². The lowest BCUT2D eigenvalue weighted by molar-refractivity contribution is 0.0940. The Kier molecular flexibility index (Phi) is 7.28. The number of aliphatic hydroxyl groups excluding tert-OH is 3. The number of anilines is 1. The summed E-state index contributed by atoms with van der Waals surface area (Å²) in [5, 5.41) is 30.6. The van der Waals surface area contributed by atoms with E-state index in [-0.39, 0.29) is 13.2 Å². The smallest absolute Gasteiger partial charge is 0.125 e. The van der Waals surface area contributed by atoms with E-state index in [2.05, 4.69) is 10.3 Å². The van der Waals surface area contributed by atoms with Crippen LogP contribution < -0.4 is 5.32 Å². The molecule has 1 rings (SSSR count). The van der Waals surface area contributed by atoms with Crippen LogP contribution in [-0.4, -0.2) is 70.7 Å². The van der Waals surface area contributed by atoms with E-state index in [1.807, 2.05) is 23.1 Å². The van der Waals surface area contributed by atoms with Crippen LogP contribution in [0.1, 0.15) is 0 Å². The molecule has 0 radical (unpaired) electrons. The monoisotopic (exact) mass is 255 g/mol. The number of hydrogen-bond donors (Lipinski definition) is 4. The molecule has 0 saturated carbocycles. The van der Waals surface area contributed by atoms with Crippen molar-refractivity contribution in [2.45, 2.75) is 6.10 Å². The van der Waals surface area contributed by atoms with E-state index in [4.69, 9.17) is 10.2 Å². The average molecular weight is 255 g/mol. The summed E-state index contributed by atoms with van der Waals surface area (Å²) < 4.78 is 0. The lowest BCUT2D eigenvalue weighted by Crippen LogP contribution is -2.39. The van der Waals surface area contributed by atoms with Crippen molar-refractivity contribution in [2.24, 2.45) is 0 Å². The standard InChI is InChI=1S/C12H21N3O3/c16-7-5-15(6-8-17)10-11(18)9-14-12-3-1-2-4-13-12/h1-4,11,16-18H,5-10H2,(H,13,14). The summed E-state index contributed by atoms with van der Waals surface area (Å²) in [6.45, 7) is 1.70. The quantitative estimate of drug-likeness (QED) is 0.459. The SMILES string of the molecule is OCCN(CCO)CC(O)CNc1ccccn1. The normalized spacial score (nSPS) is 12.7. The second kappa shape index (κ2) is 8.82. The molecular weight excluding hydrogens is 234 g/mol. The lowest BCUT2D eigenvalue weighted by Gasteiger charge is -2.23. The van der Waals surface area contributed by atoms with E-state index >= 15 is 0 Å². The van der Waals surface area contributed by atoms with Crippen molar-refractivity contribution in [1.82, 2.24) is 9.88 Å². The van der Waals surface area contributed by atoms with Crippen molar-refractivity contribution in [3.8, 4) is 0 Å². The summed E-state index contributed by atoms with van der Waals surface area (Å²) in [4.78, 5) is 5.90. The van der Waals surface area contributed by atoms with Crippen LogP contribution in [0, 0.1) is 0 Å². The zero-order valence-electron chi connectivity index (χ0n) is 10.4. The number of rotatable bonds is 9. The fourth-order valence-corrected chi connectivity index (χ4v) is 1.63. The van der Waals surface area contributed by atoms with Gasteiger partial charge < -0.3 is 20.6 Å². The zero-order valence-corrected chi connectivity index (χ0v) is 10.4. The summed E-state index contributed by atoms with van der Waals surface area (Å²) in [6.07, 6.45) is 1.10. The van der Waals surface area contributed by atoms with Gasteiger partial charge in [0.15, 0.2) is 0 Å². The van der Waals surface area contributed by atoms with Gasteiger partial charge in [0.1, 0.15) is 5.82 Å². The first-order valence-electron chi connectivity index (χ1n) is 6.03. The second-order valence-electron chi connectivity index (χ2n) is 4.00. The van der Waals surface area contributed by atoms with Crippen LogP contribution in [0.5, 0.6) is 0 Å². The number of hydrogen-bond acceptors (Lipinski definition) is 6. The summed E-state index contributed by atoms with van der Waals surface area (Å²) in [7, 11) is 0. The van der Waals surface area contributed by atoms with Crippen molar-refractivity contribution in [3.63, 3.8) is 0 Å². The first-order chi connectivity index (χ1) is 8.76. The fourth-order valence-electron chi connectivity index (χ4n) is 1.63. The van der Waals surface area contributed by atoms with Gasteiger partial charge >= 0.3 is 0 Å². The van der Waals surface area contributed by atoms with Gasteiger partial charge in [-0.25, -0.2) is 4.98 Å². The largest absolute Gasteiger partial charge is 0.395 e. The molecule has 4 N–H and O–H groups in total. The van der Waals surface area contributed by atoms with Crippen molar-refractivity contribution in [3.05, 3.63) is 24.4 Å². The van der Waals surface area contributed by atoms with Gasteiger partial charge in [0, 0.05) is 32.4 Å². The van der Waals surface area contributed by atoms with E-state index in [1.165, 1.54) is 0 Å². The Labute approximate surface area is 107 Å². The van der Waals surface area contributed by atoms with Crippen molar-refractivity contribution in [1.29, 1.82) is 0 Å². The van der Waals surface area contributed by atoms with Gasteiger partial charge in [-0.05, 0) is 12.1 Å². The molecule has 0 aliphatic rings. The van der Waals surface area contributed by atoms with Gasteiger partial charge in [-0.3, -0.25) is 4.90 Å². The number of nitrogens with zero attached hydrogens (tertiary/aromatic N) is 2. The topological polar surface area (TPSA) is 88.9 Å². The Balaban J connectivity index is 2.29.